The fraction of sp³-hybridized carbons (Fsp3) is 0.632. The van der Waals surface area contributed by atoms with Gasteiger partial charge in [-0.1, -0.05) is 31.0 Å². The zero-order valence-corrected chi connectivity index (χ0v) is 13.8. The fourth-order valence-electron chi connectivity index (χ4n) is 4.62. The van der Waals surface area contributed by atoms with E-state index < -0.39 is 12.2 Å². The number of halogens is 1. The molecule has 1 saturated heterocycles. The molecule has 0 aromatic heterocycles. The van der Waals surface area contributed by atoms with Crippen LogP contribution in [0.1, 0.15) is 43.7 Å². The van der Waals surface area contributed by atoms with E-state index in [0.29, 0.717) is 30.0 Å². The van der Waals surface area contributed by atoms with E-state index in [1.807, 2.05) is 24.3 Å². The molecule has 1 aromatic rings. The molecule has 2 fully saturated rings. The van der Waals surface area contributed by atoms with Crippen LogP contribution < -0.4 is 15.4 Å². The highest BCUT2D eigenvalue weighted by Gasteiger charge is 2.39. The standard InChI is InChI=1S/C19H25FN2O2/c20-15-11-24-17-8-4-2-6-14(17)19(15)22-18(23)9-12-10-21-16-7-3-1-5-13(12)16/h2,4,6,8,12-13,15-16,19,21H,1,3,5,7,9-11H2,(H,22,23). The molecule has 2 aliphatic heterocycles. The number of para-hydroxylation sites is 1. The van der Waals surface area contributed by atoms with Crippen molar-refractivity contribution in [1.29, 1.82) is 0 Å². The lowest BCUT2D eigenvalue weighted by Crippen LogP contribution is -2.41. The zero-order chi connectivity index (χ0) is 16.5. The first-order valence-corrected chi connectivity index (χ1v) is 9.11. The predicted molar refractivity (Wildman–Crippen MR) is 89.6 cm³/mol. The molecule has 0 radical (unpaired) electrons. The van der Waals surface area contributed by atoms with E-state index >= 15 is 0 Å². The van der Waals surface area contributed by atoms with Gasteiger partial charge in [-0.3, -0.25) is 4.79 Å². The minimum absolute atomic E-state index is 0.00234. The van der Waals surface area contributed by atoms with E-state index in [-0.39, 0.29) is 12.5 Å². The van der Waals surface area contributed by atoms with Crippen LogP contribution in [0, 0.1) is 11.8 Å². The van der Waals surface area contributed by atoms with Crippen LogP contribution in [-0.2, 0) is 4.79 Å². The van der Waals surface area contributed by atoms with Gasteiger partial charge in [-0.15, -0.1) is 0 Å². The summed E-state index contributed by atoms with van der Waals surface area (Å²) >= 11 is 0. The maximum Gasteiger partial charge on any atom is 0.220 e. The van der Waals surface area contributed by atoms with Crippen molar-refractivity contribution < 1.29 is 13.9 Å². The van der Waals surface area contributed by atoms with Crippen LogP contribution in [-0.4, -0.2) is 31.3 Å². The van der Waals surface area contributed by atoms with Gasteiger partial charge in [0.1, 0.15) is 12.4 Å². The third-order valence-corrected chi connectivity index (χ3v) is 5.85. The van der Waals surface area contributed by atoms with Gasteiger partial charge in [0, 0.05) is 18.0 Å². The van der Waals surface area contributed by atoms with Gasteiger partial charge < -0.3 is 15.4 Å². The highest BCUT2D eigenvalue weighted by molar-refractivity contribution is 5.77. The fourth-order valence-corrected chi connectivity index (χ4v) is 4.62. The minimum atomic E-state index is -1.20. The van der Waals surface area contributed by atoms with Crippen LogP contribution in [0.15, 0.2) is 24.3 Å². The van der Waals surface area contributed by atoms with Crippen molar-refractivity contribution in [1.82, 2.24) is 10.6 Å². The molecule has 0 spiro atoms. The Kier molecular flexibility index (Phi) is 4.44. The molecule has 1 amide bonds. The highest BCUT2D eigenvalue weighted by Crippen LogP contribution is 2.37. The quantitative estimate of drug-likeness (QED) is 0.895. The van der Waals surface area contributed by atoms with Crippen molar-refractivity contribution in [2.45, 2.75) is 50.4 Å². The molecule has 3 aliphatic rings. The molecule has 1 saturated carbocycles. The molecule has 5 atom stereocenters. The molecule has 24 heavy (non-hydrogen) atoms. The first kappa shape index (κ1) is 15.9. The number of amides is 1. The molecule has 0 bridgehead atoms. The normalized spacial score (nSPS) is 34.8. The summed E-state index contributed by atoms with van der Waals surface area (Å²) in [5.41, 5.74) is 0.740. The smallest absolute Gasteiger partial charge is 0.220 e. The van der Waals surface area contributed by atoms with Gasteiger partial charge in [-0.25, -0.2) is 4.39 Å². The number of carbonyl (C=O) groups excluding carboxylic acids is 1. The van der Waals surface area contributed by atoms with Crippen molar-refractivity contribution in [3.63, 3.8) is 0 Å². The van der Waals surface area contributed by atoms with Gasteiger partial charge in [0.15, 0.2) is 6.17 Å². The summed E-state index contributed by atoms with van der Waals surface area (Å²) in [6, 6.07) is 7.36. The second kappa shape index (κ2) is 6.71. The number of ether oxygens (including phenoxy) is 1. The van der Waals surface area contributed by atoms with Crippen LogP contribution in [0.3, 0.4) is 0 Å². The van der Waals surface area contributed by atoms with Gasteiger partial charge in [0.05, 0.1) is 6.04 Å². The molecule has 4 rings (SSSR count). The number of rotatable bonds is 3. The Bertz CT molecular complexity index is 609. The summed E-state index contributed by atoms with van der Waals surface area (Å²) in [7, 11) is 0. The Labute approximate surface area is 142 Å². The maximum absolute atomic E-state index is 14.3. The number of fused-ring (bicyclic) bond motifs is 2. The minimum Gasteiger partial charge on any atom is -0.490 e. The molecule has 2 N–H and O–H groups in total. The summed E-state index contributed by atoms with van der Waals surface area (Å²) in [5.74, 6) is 1.61. The van der Waals surface area contributed by atoms with Crippen LogP contribution >= 0.6 is 0 Å². The molecular formula is C19H25FN2O2. The molecule has 5 unspecified atom stereocenters. The molecule has 5 heteroatoms. The number of alkyl halides is 1. The second-order valence-electron chi connectivity index (χ2n) is 7.34. The Morgan fingerprint density at radius 1 is 1.29 bits per heavy atom. The molecular weight excluding hydrogens is 307 g/mol. The summed E-state index contributed by atoms with van der Waals surface area (Å²) in [6.07, 6.45) is 4.27. The van der Waals surface area contributed by atoms with Crippen molar-refractivity contribution >= 4 is 5.91 Å². The van der Waals surface area contributed by atoms with Crippen molar-refractivity contribution in [2.24, 2.45) is 11.8 Å². The Morgan fingerprint density at radius 3 is 3.04 bits per heavy atom. The Hall–Kier alpha value is -1.62. The van der Waals surface area contributed by atoms with Gasteiger partial charge in [-0.05, 0) is 37.3 Å². The van der Waals surface area contributed by atoms with Crippen LogP contribution in [0.25, 0.3) is 0 Å². The van der Waals surface area contributed by atoms with Gasteiger partial charge in [0.25, 0.3) is 0 Å². The molecule has 2 heterocycles. The average Bonchev–Trinajstić information content (AvgIpc) is 3.01. The van der Waals surface area contributed by atoms with E-state index in [4.69, 9.17) is 4.74 Å². The van der Waals surface area contributed by atoms with Crippen LogP contribution in [0.4, 0.5) is 4.39 Å². The summed E-state index contributed by atoms with van der Waals surface area (Å²) in [5, 5.41) is 6.49. The van der Waals surface area contributed by atoms with Crippen LogP contribution in [0.5, 0.6) is 5.75 Å². The summed E-state index contributed by atoms with van der Waals surface area (Å²) < 4.78 is 19.7. The predicted octanol–water partition coefficient (Wildman–Crippen LogP) is 2.74. The number of nitrogens with one attached hydrogen (secondary N) is 2. The average molecular weight is 332 g/mol. The first-order valence-electron chi connectivity index (χ1n) is 9.11. The lowest BCUT2D eigenvalue weighted by atomic mass is 9.78. The first-order chi connectivity index (χ1) is 11.7. The second-order valence-corrected chi connectivity index (χ2v) is 7.34. The van der Waals surface area contributed by atoms with E-state index in [2.05, 4.69) is 10.6 Å². The number of hydrogen-bond donors (Lipinski definition) is 2. The number of benzene rings is 1. The van der Waals surface area contributed by atoms with E-state index in [9.17, 15) is 9.18 Å². The van der Waals surface area contributed by atoms with Crippen LogP contribution in [0.2, 0.25) is 0 Å². The molecule has 1 aliphatic carbocycles. The zero-order valence-electron chi connectivity index (χ0n) is 13.8. The Balaban J connectivity index is 1.41. The number of carbonyl (C=O) groups is 1. The van der Waals surface area contributed by atoms with Gasteiger partial charge in [-0.2, -0.15) is 0 Å². The van der Waals surface area contributed by atoms with E-state index in [1.165, 1.54) is 25.7 Å². The van der Waals surface area contributed by atoms with Crippen molar-refractivity contribution in [3.8, 4) is 5.75 Å². The van der Waals surface area contributed by atoms with Gasteiger partial charge >= 0.3 is 0 Å². The topological polar surface area (TPSA) is 50.4 Å². The van der Waals surface area contributed by atoms with Crippen molar-refractivity contribution in [3.05, 3.63) is 29.8 Å². The third kappa shape index (κ3) is 3.02. The van der Waals surface area contributed by atoms with E-state index in [1.54, 1.807) is 0 Å². The maximum atomic E-state index is 14.3. The molecule has 130 valence electrons. The largest absolute Gasteiger partial charge is 0.490 e. The highest BCUT2D eigenvalue weighted by atomic mass is 19.1. The lowest BCUT2D eigenvalue weighted by molar-refractivity contribution is -0.123. The monoisotopic (exact) mass is 332 g/mol. The van der Waals surface area contributed by atoms with Crippen molar-refractivity contribution in [2.75, 3.05) is 13.2 Å². The summed E-state index contributed by atoms with van der Waals surface area (Å²) in [6.45, 7) is 0.907. The lowest BCUT2D eigenvalue weighted by Gasteiger charge is -2.31. The van der Waals surface area contributed by atoms with Gasteiger partial charge in [0.2, 0.25) is 5.91 Å². The molecule has 1 aromatic carbocycles. The molecule has 4 nitrogen and oxygen atoms in total. The summed E-state index contributed by atoms with van der Waals surface area (Å²) in [4.78, 5) is 12.6. The third-order valence-electron chi connectivity index (χ3n) is 5.85. The number of hydrogen-bond acceptors (Lipinski definition) is 3. The SMILES string of the molecule is O=C(CC1CNC2CCCCC12)NC1c2ccccc2OCC1F. The Morgan fingerprint density at radius 2 is 2.12 bits per heavy atom. The van der Waals surface area contributed by atoms with E-state index in [0.717, 1.165) is 12.1 Å².